The molecule has 2 heteroatoms. The number of quaternary nitrogens is 1. The molecule has 1 unspecified atom stereocenters. The van der Waals surface area contributed by atoms with Crippen LogP contribution in [-0.4, -0.2) is 43.4 Å². The average molecular weight is 413 g/mol. The highest BCUT2D eigenvalue weighted by Crippen LogP contribution is 2.19. The van der Waals surface area contributed by atoms with Crippen LogP contribution >= 0.6 is 0 Å². The van der Waals surface area contributed by atoms with Crippen molar-refractivity contribution in [2.24, 2.45) is 0 Å². The Morgan fingerprint density at radius 2 is 0.759 bits per heavy atom. The van der Waals surface area contributed by atoms with Crippen LogP contribution in [0.15, 0.2) is 0 Å². The zero-order valence-corrected chi connectivity index (χ0v) is 21.3. The van der Waals surface area contributed by atoms with Crippen LogP contribution in [0.5, 0.6) is 0 Å². The largest absolute Gasteiger partial charge is 0.373 e. The van der Waals surface area contributed by atoms with E-state index in [2.05, 4.69) is 34.6 Å². The Labute approximate surface area is 185 Å². The summed E-state index contributed by atoms with van der Waals surface area (Å²) in [5.74, 6) is 0. The van der Waals surface area contributed by atoms with Crippen molar-refractivity contribution in [1.82, 2.24) is 0 Å². The van der Waals surface area contributed by atoms with Gasteiger partial charge in [-0.15, -0.1) is 0 Å². The van der Waals surface area contributed by atoms with Crippen LogP contribution in [-0.2, 0) is 4.74 Å². The van der Waals surface area contributed by atoms with Crippen molar-refractivity contribution in [2.45, 2.75) is 143 Å². The first-order valence-corrected chi connectivity index (χ1v) is 13.6. The molecular formula is C27H58NO+. The Hall–Kier alpha value is -0.0800. The molecule has 0 aromatic heterocycles. The van der Waals surface area contributed by atoms with E-state index >= 15 is 0 Å². The fourth-order valence-corrected chi connectivity index (χ4v) is 4.26. The Morgan fingerprint density at radius 1 is 0.517 bits per heavy atom. The summed E-state index contributed by atoms with van der Waals surface area (Å²) >= 11 is 0. The van der Waals surface area contributed by atoms with Gasteiger partial charge < -0.3 is 9.22 Å². The Balaban J connectivity index is 0.00000172. The molecule has 0 aromatic rings. The van der Waals surface area contributed by atoms with Crippen molar-refractivity contribution >= 4 is 0 Å². The summed E-state index contributed by atoms with van der Waals surface area (Å²) in [6, 6.07) is 0. The van der Waals surface area contributed by atoms with Gasteiger partial charge in [0.2, 0.25) is 0 Å². The predicted octanol–water partition coefficient (Wildman–Crippen LogP) is 8.53. The van der Waals surface area contributed by atoms with Crippen LogP contribution in [0.1, 0.15) is 137 Å². The third-order valence-electron chi connectivity index (χ3n) is 6.44. The molecule has 0 spiro atoms. The molecule has 1 atom stereocenters. The van der Waals surface area contributed by atoms with Gasteiger partial charge in [0.25, 0.3) is 0 Å². The molecule has 0 N–H and O–H groups in total. The van der Waals surface area contributed by atoms with Gasteiger partial charge in [-0.3, -0.25) is 0 Å². The molecule has 176 valence electrons. The van der Waals surface area contributed by atoms with Crippen molar-refractivity contribution in [3.05, 3.63) is 0 Å². The second kappa shape index (κ2) is 21.2. The molecule has 0 amide bonds. The van der Waals surface area contributed by atoms with Crippen molar-refractivity contribution in [3.8, 4) is 0 Å². The van der Waals surface area contributed by atoms with Crippen LogP contribution in [0.2, 0.25) is 0 Å². The van der Waals surface area contributed by atoms with Crippen molar-refractivity contribution in [2.75, 3.05) is 32.8 Å². The number of ether oxygens (including phenoxy) is 1. The molecule has 1 fully saturated rings. The summed E-state index contributed by atoms with van der Waals surface area (Å²) in [4.78, 5) is 0. The molecule has 0 radical (unpaired) electrons. The van der Waals surface area contributed by atoms with E-state index in [-0.39, 0.29) is 0 Å². The lowest BCUT2D eigenvalue weighted by Crippen LogP contribution is -2.50. The standard InChI is InChI=1S/C24H52N.C3H6O/c1-5-9-13-17-21-25(22-18-14-10-6-2,23-19-15-11-7-3)24-20-16-12-8-4;1-3-2-4-3/h5-24H2,1-4H3;3H,2H2,1H3/q+1;. The lowest BCUT2D eigenvalue weighted by atomic mass is 10.1. The van der Waals surface area contributed by atoms with Crippen LogP contribution < -0.4 is 0 Å². The molecule has 29 heavy (non-hydrogen) atoms. The van der Waals surface area contributed by atoms with Gasteiger partial charge in [0.05, 0.1) is 38.9 Å². The van der Waals surface area contributed by atoms with Crippen LogP contribution in [0.3, 0.4) is 0 Å². The van der Waals surface area contributed by atoms with Gasteiger partial charge >= 0.3 is 0 Å². The zero-order valence-electron chi connectivity index (χ0n) is 21.3. The van der Waals surface area contributed by atoms with E-state index in [0.717, 1.165) is 6.61 Å². The fraction of sp³-hybridized carbons (Fsp3) is 1.00. The van der Waals surface area contributed by atoms with Crippen LogP contribution in [0.4, 0.5) is 0 Å². The molecule has 1 heterocycles. The van der Waals surface area contributed by atoms with Gasteiger partial charge in [-0.25, -0.2) is 0 Å². The van der Waals surface area contributed by atoms with Crippen molar-refractivity contribution in [1.29, 1.82) is 0 Å². The van der Waals surface area contributed by atoms with Crippen LogP contribution in [0, 0.1) is 0 Å². The van der Waals surface area contributed by atoms with Gasteiger partial charge in [0.15, 0.2) is 0 Å². The second-order valence-corrected chi connectivity index (χ2v) is 9.62. The van der Waals surface area contributed by atoms with E-state index in [1.54, 1.807) is 0 Å². The fourth-order valence-electron chi connectivity index (χ4n) is 4.26. The maximum Gasteiger partial charge on any atom is 0.0786 e. The SMILES string of the molecule is CC1CO1.CCCCCC[N+](CCCCCC)(CCCCCC)CCCCCC. The minimum atomic E-state index is 0.583. The Kier molecular flexibility index (Phi) is 21.1. The number of epoxide rings is 1. The summed E-state index contributed by atoms with van der Waals surface area (Å²) in [6.45, 7) is 18.2. The lowest BCUT2D eigenvalue weighted by molar-refractivity contribution is -0.929. The highest BCUT2D eigenvalue weighted by atomic mass is 16.6. The summed E-state index contributed by atoms with van der Waals surface area (Å²) in [6.07, 6.45) is 23.4. The molecule has 1 aliphatic heterocycles. The number of rotatable bonds is 20. The molecule has 2 nitrogen and oxygen atoms in total. The first-order valence-electron chi connectivity index (χ1n) is 13.6. The molecule has 1 saturated heterocycles. The Morgan fingerprint density at radius 3 is 0.931 bits per heavy atom. The predicted molar refractivity (Wildman–Crippen MR) is 132 cm³/mol. The number of unbranched alkanes of at least 4 members (excludes halogenated alkanes) is 12. The van der Waals surface area contributed by atoms with Gasteiger partial charge in [-0.05, 0) is 58.3 Å². The van der Waals surface area contributed by atoms with Crippen molar-refractivity contribution in [3.63, 3.8) is 0 Å². The Bertz CT molecular complexity index is 260. The minimum Gasteiger partial charge on any atom is -0.373 e. The number of hydrogen-bond donors (Lipinski definition) is 0. The third-order valence-corrected chi connectivity index (χ3v) is 6.44. The maximum absolute atomic E-state index is 4.71. The molecule has 0 bridgehead atoms. The monoisotopic (exact) mass is 412 g/mol. The van der Waals surface area contributed by atoms with Crippen molar-refractivity contribution < 1.29 is 9.22 Å². The highest BCUT2D eigenvalue weighted by Gasteiger charge is 2.25. The number of nitrogens with zero attached hydrogens (tertiary/aromatic N) is 1. The minimum absolute atomic E-state index is 0.583. The zero-order chi connectivity index (χ0) is 21.6. The molecule has 0 saturated carbocycles. The molecule has 1 rings (SSSR count). The first-order chi connectivity index (χ1) is 14.1. The highest BCUT2D eigenvalue weighted by molar-refractivity contribution is 4.58. The summed E-state index contributed by atoms with van der Waals surface area (Å²) in [7, 11) is 0. The van der Waals surface area contributed by atoms with E-state index < -0.39 is 0 Å². The summed E-state index contributed by atoms with van der Waals surface area (Å²) in [5.41, 5.74) is 0. The van der Waals surface area contributed by atoms with Gasteiger partial charge in [0.1, 0.15) is 0 Å². The van der Waals surface area contributed by atoms with E-state index in [1.165, 1.54) is 133 Å². The van der Waals surface area contributed by atoms with E-state index in [1.807, 2.05) is 0 Å². The smallest absolute Gasteiger partial charge is 0.0786 e. The topological polar surface area (TPSA) is 12.5 Å². The van der Waals surface area contributed by atoms with E-state index in [4.69, 9.17) is 4.74 Å². The van der Waals surface area contributed by atoms with Gasteiger partial charge in [-0.1, -0.05) is 79.1 Å². The normalized spacial score (nSPS) is 15.8. The number of hydrogen-bond acceptors (Lipinski definition) is 1. The van der Waals surface area contributed by atoms with E-state index in [0.29, 0.717) is 6.10 Å². The molecular weight excluding hydrogens is 354 g/mol. The van der Waals surface area contributed by atoms with Gasteiger partial charge in [0, 0.05) is 0 Å². The summed E-state index contributed by atoms with van der Waals surface area (Å²) in [5, 5.41) is 0. The third kappa shape index (κ3) is 19.6. The lowest BCUT2D eigenvalue weighted by Gasteiger charge is -2.39. The first kappa shape index (κ1) is 28.9. The second-order valence-electron chi connectivity index (χ2n) is 9.62. The van der Waals surface area contributed by atoms with Gasteiger partial charge in [-0.2, -0.15) is 0 Å². The summed E-state index contributed by atoms with van der Waals surface area (Å²) < 4.78 is 6.17. The average Bonchev–Trinajstić information content (AvgIpc) is 3.52. The molecule has 1 aliphatic rings. The quantitative estimate of drug-likeness (QED) is 0.111. The van der Waals surface area contributed by atoms with Crippen LogP contribution in [0.25, 0.3) is 0 Å². The molecule has 0 aromatic carbocycles. The molecule has 0 aliphatic carbocycles. The maximum atomic E-state index is 4.71. The van der Waals surface area contributed by atoms with E-state index in [9.17, 15) is 0 Å².